The molecule has 6 N–H and O–H groups in total. The number of nitrogens with one attached hydrogen (secondary N) is 1. The van der Waals surface area contributed by atoms with Crippen molar-refractivity contribution in [3.8, 4) is 0 Å². The zero-order chi connectivity index (χ0) is 16.5. The highest BCUT2D eigenvalue weighted by atomic mass is 79.9. The molecular formula is C12H12Br2N6O2. The molecule has 0 amide bonds. The van der Waals surface area contributed by atoms with Crippen LogP contribution in [-0.2, 0) is 4.79 Å². The molecule has 0 unspecified atom stereocenters. The lowest BCUT2D eigenvalue weighted by atomic mass is 10.4. The fraction of sp³-hybridized carbons (Fsp3) is 0. The van der Waals surface area contributed by atoms with E-state index in [1.165, 1.54) is 0 Å². The number of aromatic amines is 1. The standard InChI is InChI=1S/C6H4BrN3.C5H6BrN3.CH2O2/c7-5-2-1-4-6(10-5)9-3-8-4;6-4-2-1-3(7)5(8)9-4;2-1-3/h1-3H,(H,8,9,10);1-2H,7H2,(H2,8,9);1H,(H,2,3). The number of hydrogen-bond acceptors (Lipinski definition) is 6. The smallest absolute Gasteiger partial charge is 0.290 e. The number of carboxylic acid groups (broad SMARTS) is 1. The van der Waals surface area contributed by atoms with Crippen molar-refractivity contribution in [2.45, 2.75) is 0 Å². The molecule has 3 heterocycles. The molecule has 0 saturated heterocycles. The first-order valence-corrected chi connectivity index (χ1v) is 7.27. The molecule has 8 nitrogen and oxygen atoms in total. The number of H-pyrrole nitrogens is 1. The minimum Gasteiger partial charge on any atom is -0.483 e. The molecule has 3 aromatic heterocycles. The topological polar surface area (TPSA) is 144 Å². The van der Waals surface area contributed by atoms with Crippen molar-refractivity contribution in [3.05, 3.63) is 39.8 Å². The lowest BCUT2D eigenvalue weighted by Crippen LogP contribution is -1.96. The second-order valence-corrected chi connectivity index (χ2v) is 5.25. The van der Waals surface area contributed by atoms with Crippen LogP contribution in [0.25, 0.3) is 11.2 Å². The molecule has 22 heavy (non-hydrogen) atoms. The summed E-state index contributed by atoms with van der Waals surface area (Å²) in [7, 11) is 0. The molecule has 0 saturated carbocycles. The maximum absolute atomic E-state index is 8.36. The van der Waals surface area contributed by atoms with Gasteiger partial charge in [0, 0.05) is 0 Å². The number of rotatable bonds is 0. The summed E-state index contributed by atoms with van der Waals surface area (Å²) in [5.74, 6) is 0.365. The Labute approximate surface area is 142 Å². The third-order valence-electron chi connectivity index (χ3n) is 2.17. The van der Waals surface area contributed by atoms with Gasteiger partial charge in [-0.05, 0) is 56.1 Å². The van der Waals surface area contributed by atoms with Crippen LogP contribution in [0.3, 0.4) is 0 Å². The van der Waals surface area contributed by atoms with Crippen LogP contribution in [0.4, 0.5) is 11.5 Å². The second-order valence-electron chi connectivity index (χ2n) is 3.62. The molecule has 10 heteroatoms. The number of imidazole rings is 1. The van der Waals surface area contributed by atoms with Crippen LogP contribution < -0.4 is 11.5 Å². The van der Waals surface area contributed by atoms with Crippen LogP contribution in [0.2, 0.25) is 0 Å². The van der Waals surface area contributed by atoms with Gasteiger partial charge in [0.2, 0.25) is 0 Å². The molecule has 116 valence electrons. The number of aromatic nitrogens is 4. The Morgan fingerprint density at radius 2 is 1.68 bits per heavy atom. The summed E-state index contributed by atoms with van der Waals surface area (Å²) in [6.07, 6.45) is 1.63. The second kappa shape index (κ2) is 8.95. The predicted octanol–water partition coefficient (Wildman–Crippen LogP) is 2.43. The molecule has 0 atom stereocenters. The zero-order valence-electron chi connectivity index (χ0n) is 11.1. The van der Waals surface area contributed by atoms with Gasteiger partial charge in [-0.15, -0.1) is 0 Å². The molecule has 0 aromatic carbocycles. The summed E-state index contributed by atoms with van der Waals surface area (Å²) in [6, 6.07) is 7.25. The van der Waals surface area contributed by atoms with E-state index in [4.69, 9.17) is 21.4 Å². The van der Waals surface area contributed by atoms with Crippen molar-refractivity contribution >= 4 is 61.0 Å². The average molecular weight is 432 g/mol. The quantitative estimate of drug-likeness (QED) is 0.316. The van der Waals surface area contributed by atoms with Crippen LogP contribution in [0.15, 0.2) is 39.8 Å². The summed E-state index contributed by atoms with van der Waals surface area (Å²) < 4.78 is 1.52. The van der Waals surface area contributed by atoms with Gasteiger partial charge >= 0.3 is 0 Å². The van der Waals surface area contributed by atoms with E-state index >= 15 is 0 Å². The first-order valence-electron chi connectivity index (χ1n) is 5.69. The highest BCUT2D eigenvalue weighted by Crippen LogP contribution is 2.14. The normalized spacial score (nSPS) is 9.18. The third-order valence-corrected chi connectivity index (χ3v) is 3.05. The largest absolute Gasteiger partial charge is 0.483 e. The van der Waals surface area contributed by atoms with E-state index in [9.17, 15) is 0 Å². The van der Waals surface area contributed by atoms with Crippen LogP contribution >= 0.6 is 31.9 Å². The summed E-state index contributed by atoms with van der Waals surface area (Å²) in [5.41, 5.74) is 13.0. The van der Waals surface area contributed by atoms with Gasteiger partial charge in [0.05, 0.1) is 17.5 Å². The molecule has 3 aromatic rings. The number of anilines is 2. The molecule has 0 radical (unpaired) electrons. The minimum atomic E-state index is -0.250. The highest BCUT2D eigenvalue weighted by molar-refractivity contribution is 9.10. The van der Waals surface area contributed by atoms with E-state index < -0.39 is 0 Å². The van der Waals surface area contributed by atoms with E-state index in [1.807, 2.05) is 12.1 Å². The molecule has 0 spiro atoms. The first kappa shape index (κ1) is 17.9. The number of hydrogen-bond donors (Lipinski definition) is 4. The Morgan fingerprint density at radius 3 is 2.27 bits per heavy atom. The number of pyridine rings is 2. The number of halogens is 2. The van der Waals surface area contributed by atoms with Gasteiger partial charge in [-0.3, -0.25) is 4.79 Å². The molecular weight excluding hydrogens is 420 g/mol. The van der Waals surface area contributed by atoms with Crippen molar-refractivity contribution in [2.24, 2.45) is 0 Å². The lowest BCUT2D eigenvalue weighted by molar-refractivity contribution is -0.122. The minimum absolute atomic E-state index is 0.250. The lowest BCUT2D eigenvalue weighted by Gasteiger charge is -1.96. The Balaban J connectivity index is 0.000000189. The van der Waals surface area contributed by atoms with E-state index in [-0.39, 0.29) is 6.47 Å². The van der Waals surface area contributed by atoms with Crippen LogP contribution in [0, 0.1) is 0 Å². The Kier molecular flexibility index (Phi) is 7.26. The van der Waals surface area contributed by atoms with Gasteiger partial charge in [-0.2, -0.15) is 0 Å². The maximum atomic E-state index is 8.36. The van der Waals surface area contributed by atoms with Gasteiger partial charge in [0.15, 0.2) is 5.65 Å². The predicted molar refractivity (Wildman–Crippen MR) is 91.0 cm³/mol. The SMILES string of the molecule is Brc1ccc2[nH]cnc2n1.Nc1ccc(Br)nc1N.O=CO. The fourth-order valence-electron chi connectivity index (χ4n) is 1.26. The van der Waals surface area contributed by atoms with Crippen LogP contribution in [0.5, 0.6) is 0 Å². The average Bonchev–Trinajstić information content (AvgIpc) is 2.92. The Hall–Kier alpha value is -2.20. The van der Waals surface area contributed by atoms with Crippen LogP contribution in [-0.4, -0.2) is 31.5 Å². The number of nitrogen functional groups attached to an aromatic ring is 2. The first-order chi connectivity index (χ1) is 10.5. The van der Waals surface area contributed by atoms with Crippen molar-refractivity contribution in [1.29, 1.82) is 0 Å². The molecule has 3 rings (SSSR count). The fourth-order valence-corrected chi connectivity index (χ4v) is 1.88. The van der Waals surface area contributed by atoms with Crippen molar-refractivity contribution in [2.75, 3.05) is 11.5 Å². The molecule has 0 aliphatic carbocycles. The Morgan fingerprint density at radius 1 is 1.09 bits per heavy atom. The van der Waals surface area contributed by atoms with Gasteiger partial charge in [-0.1, -0.05) is 0 Å². The molecule has 0 aliphatic heterocycles. The molecule has 0 fully saturated rings. The van der Waals surface area contributed by atoms with E-state index in [2.05, 4.69) is 51.8 Å². The monoisotopic (exact) mass is 430 g/mol. The summed E-state index contributed by atoms with van der Waals surface area (Å²) in [6.45, 7) is -0.250. The number of fused-ring (bicyclic) bond motifs is 1. The van der Waals surface area contributed by atoms with Gasteiger partial charge < -0.3 is 21.6 Å². The van der Waals surface area contributed by atoms with E-state index in [1.54, 1.807) is 18.5 Å². The third kappa shape index (κ3) is 5.66. The maximum Gasteiger partial charge on any atom is 0.290 e. The highest BCUT2D eigenvalue weighted by Gasteiger charge is 1.95. The zero-order valence-corrected chi connectivity index (χ0v) is 14.2. The Bertz CT molecular complexity index is 749. The van der Waals surface area contributed by atoms with E-state index in [0.717, 1.165) is 15.8 Å². The number of carbonyl (C=O) groups is 1. The summed E-state index contributed by atoms with van der Waals surface area (Å²) >= 11 is 6.40. The van der Waals surface area contributed by atoms with Crippen molar-refractivity contribution in [3.63, 3.8) is 0 Å². The van der Waals surface area contributed by atoms with Gasteiger partial charge in [0.25, 0.3) is 6.47 Å². The molecule has 0 aliphatic rings. The summed E-state index contributed by atoms with van der Waals surface area (Å²) in [4.78, 5) is 23.2. The van der Waals surface area contributed by atoms with E-state index in [0.29, 0.717) is 16.1 Å². The number of nitrogens with two attached hydrogens (primary N) is 2. The molecule has 0 bridgehead atoms. The van der Waals surface area contributed by atoms with Gasteiger partial charge in [0.1, 0.15) is 15.0 Å². The summed E-state index contributed by atoms with van der Waals surface area (Å²) in [5, 5.41) is 6.89. The number of nitrogens with zero attached hydrogens (tertiary/aromatic N) is 3. The van der Waals surface area contributed by atoms with Gasteiger partial charge in [-0.25, -0.2) is 15.0 Å². The van der Waals surface area contributed by atoms with Crippen LogP contribution in [0.1, 0.15) is 0 Å². The van der Waals surface area contributed by atoms with Crippen molar-refractivity contribution in [1.82, 2.24) is 19.9 Å². The van der Waals surface area contributed by atoms with Crippen molar-refractivity contribution < 1.29 is 9.90 Å².